The van der Waals surface area contributed by atoms with Crippen molar-refractivity contribution < 1.29 is 28.3 Å². The number of hydrogen-bond acceptors (Lipinski definition) is 7. The Balaban J connectivity index is 1.54. The van der Waals surface area contributed by atoms with Gasteiger partial charge in [-0.05, 0) is 55.0 Å². The molecule has 0 radical (unpaired) electrons. The van der Waals surface area contributed by atoms with Gasteiger partial charge < -0.3 is 4.74 Å². The van der Waals surface area contributed by atoms with E-state index in [1.165, 1.54) is 48.5 Å². The number of rotatable bonds is 5. The predicted molar refractivity (Wildman–Crippen MR) is 125 cm³/mol. The number of carbonyl (C=O) groups is 4. The lowest BCUT2D eigenvalue weighted by atomic mass is 10.2. The van der Waals surface area contributed by atoms with E-state index in [2.05, 4.69) is 0 Å². The fourth-order valence-corrected chi connectivity index (χ4v) is 4.87. The van der Waals surface area contributed by atoms with Crippen molar-refractivity contribution in [2.24, 2.45) is 0 Å². The molecular formula is C23H17FN2O5S2. The highest BCUT2D eigenvalue weighted by Gasteiger charge is 2.48. The summed E-state index contributed by atoms with van der Waals surface area (Å²) < 4.78 is 18.2. The molecule has 1 unspecified atom stereocenters. The number of nitrogens with zero attached hydrogens (tertiary/aromatic N) is 2. The van der Waals surface area contributed by atoms with Crippen molar-refractivity contribution in [3.8, 4) is 0 Å². The molecule has 0 spiro atoms. The van der Waals surface area contributed by atoms with E-state index in [1.54, 1.807) is 13.0 Å². The van der Waals surface area contributed by atoms with Crippen LogP contribution >= 0.6 is 24.0 Å². The van der Waals surface area contributed by atoms with Gasteiger partial charge in [-0.1, -0.05) is 36.1 Å². The van der Waals surface area contributed by atoms with Crippen molar-refractivity contribution in [2.45, 2.75) is 19.4 Å². The van der Waals surface area contributed by atoms with Gasteiger partial charge in [-0.25, -0.2) is 14.1 Å². The number of imide groups is 1. The van der Waals surface area contributed by atoms with Gasteiger partial charge in [0, 0.05) is 0 Å². The summed E-state index contributed by atoms with van der Waals surface area (Å²) in [4.78, 5) is 53.0. The van der Waals surface area contributed by atoms with Crippen LogP contribution in [0.2, 0.25) is 0 Å². The molecule has 0 N–H and O–H groups in total. The van der Waals surface area contributed by atoms with Gasteiger partial charge in [0.05, 0.1) is 29.2 Å². The lowest BCUT2D eigenvalue weighted by molar-refractivity contribution is -0.129. The molecule has 33 heavy (non-hydrogen) atoms. The van der Waals surface area contributed by atoms with E-state index < -0.39 is 35.5 Å². The number of thioether (sulfide) groups is 1. The van der Waals surface area contributed by atoms with Crippen molar-refractivity contribution in [2.75, 3.05) is 11.5 Å². The number of anilines is 1. The van der Waals surface area contributed by atoms with E-state index in [0.29, 0.717) is 11.1 Å². The average Bonchev–Trinajstić information content (AvgIpc) is 3.23. The third-order valence-electron chi connectivity index (χ3n) is 5.06. The normalized spacial score (nSPS) is 19.7. The minimum atomic E-state index is -1.06. The summed E-state index contributed by atoms with van der Waals surface area (Å²) >= 11 is 6.34. The monoisotopic (exact) mass is 484 g/mol. The summed E-state index contributed by atoms with van der Waals surface area (Å²) in [6, 6.07) is 10.4. The van der Waals surface area contributed by atoms with E-state index in [4.69, 9.17) is 17.0 Å². The first-order valence-electron chi connectivity index (χ1n) is 9.96. The molecule has 2 aliphatic heterocycles. The third-order valence-corrected chi connectivity index (χ3v) is 6.39. The minimum Gasteiger partial charge on any atom is -0.462 e. The number of esters is 1. The fraction of sp³-hybridized carbons (Fsp3) is 0.174. The van der Waals surface area contributed by atoms with Crippen LogP contribution in [0.3, 0.4) is 0 Å². The molecule has 2 aliphatic rings. The molecule has 0 bridgehead atoms. The Hall–Kier alpha value is -3.37. The maximum atomic E-state index is 13.1. The van der Waals surface area contributed by atoms with E-state index >= 15 is 0 Å². The van der Waals surface area contributed by atoms with Gasteiger partial charge in [-0.3, -0.25) is 19.3 Å². The molecule has 4 rings (SSSR count). The Morgan fingerprint density at radius 1 is 1.15 bits per heavy atom. The summed E-state index contributed by atoms with van der Waals surface area (Å²) in [5, 5.41) is 0. The maximum absolute atomic E-state index is 13.1. The van der Waals surface area contributed by atoms with Crippen LogP contribution in [0.4, 0.5) is 10.1 Å². The maximum Gasteiger partial charge on any atom is 0.338 e. The zero-order valence-corrected chi connectivity index (χ0v) is 19.0. The van der Waals surface area contributed by atoms with Crippen molar-refractivity contribution in [3.63, 3.8) is 0 Å². The summed E-state index contributed by atoms with van der Waals surface area (Å²) in [5.74, 6) is -2.45. The predicted octanol–water partition coefficient (Wildman–Crippen LogP) is 3.54. The van der Waals surface area contributed by atoms with Gasteiger partial charge in [0.25, 0.3) is 11.8 Å². The number of amides is 3. The zero-order chi connectivity index (χ0) is 23.7. The SMILES string of the molecule is CCOC(=O)c1ccc(N2C(=O)CC(N3C(=O)/C(=C/c4ccc(F)cc4)SC3=S)C2=O)cc1. The Bertz CT molecular complexity index is 1190. The highest BCUT2D eigenvalue weighted by atomic mass is 32.2. The number of thiocarbonyl (C=S) groups is 1. The molecule has 0 aromatic heterocycles. The first kappa shape index (κ1) is 22.8. The lowest BCUT2D eigenvalue weighted by Crippen LogP contribution is -2.44. The van der Waals surface area contributed by atoms with Gasteiger partial charge in [0.15, 0.2) is 0 Å². The van der Waals surface area contributed by atoms with E-state index in [1.807, 2.05) is 0 Å². The highest BCUT2D eigenvalue weighted by Crippen LogP contribution is 2.37. The number of ether oxygens (including phenoxy) is 1. The number of halogens is 1. The molecule has 2 heterocycles. The minimum absolute atomic E-state index is 0.166. The molecule has 2 saturated heterocycles. The molecule has 2 aromatic rings. The first-order valence-corrected chi connectivity index (χ1v) is 11.2. The van der Waals surface area contributed by atoms with Gasteiger partial charge in [0.2, 0.25) is 5.91 Å². The first-order chi connectivity index (χ1) is 15.8. The topological polar surface area (TPSA) is 84.0 Å². The molecule has 168 valence electrons. The number of carbonyl (C=O) groups excluding carboxylic acids is 4. The molecule has 3 amide bonds. The van der Waals surface area contributed by atoms with Gasteiger partial charge in [-0.2, -0.15) is 0 Å². The van der Waals surface area contributed by atoms with Gasteiger partial charge >= 0.3 is 5.97 Å². The highest BCUT2D eigenvalue weighted by molar-refractivity contribution is 8.26. The fourth-order valence-electron chi connectivity index (χ4n) is 3.51. The van der Waals surface area contributed by atoms with E-state index in [-0.39, 0.29) is 27.9 Å². The van der Waals surface area contributed by atoms with Crippen LogP contribution in [0.5, 0.6) is 0 Å². The van der Waals surface area contributed by atoms with Crippen molar-refractivity contribution in [1.29, 1.82) is 0 Å². The summed E-state index contributed by atoms with van der Waals surface area (Å²) in [7, 11) is 0. The van der Waals surface area contributed by atoms with Crippen molar-refractivity contribution >= 4 is 63.8 Å². The van der Waals surface area contributed by atoms with E-state index in [0.717, 1.165) is 21.6 Å². The molecule has 2 fully saturated rings. The Morgan fingerprint density at radius 3 is 2.45 bits per heavy atom. The van der Waals surface area contributed by atoms with Crippen LogP contribution < -0.4 is 4.90 Å². The third kappa shape index (κ3) is 4.44. The average molecular weight is 485 g/mol. The second-order valence-corrected chi connectivity index (χ2v) is 8.83. The molecular weight excluding hydrogens is 467 g/mol. The summed E-state index contributed by atoms with van der Waals surface area (Å²) in [5.41, 5.74) is 1.18. The molecule has 0 aliphatic carbocycles. The smallest absolute Gasteiger partial charge is 0.338 e. The second-order valence-electron chi connectivity index (χ2n) is 7.16. The molecule has 7 nitrogen and oxygen atoms in total. The van der Waals surface area contributed by atoms with Crippen molar-refractivity contribution in [3.05, 3.63) is 70.4 Å². The van der Waals surface area contributed by atoms with E-state index in [9.17, 15) is 23.6 Å². The van der Waals surface area contributed by atoms with Crippen molar-refractivity contribution in [1.82, 2.24) is 4.90 Å². The Labute approximate surface area is 198 Å². The van der Waals surface area contributed by atoms with Crippen LogP contribution in [0.15, 0.2) is 53.4 Å². The molecule has 0 saturated carbocycles. The van der Waals surface area contributed by atoms with Crippen LogP contribution in [-0.4, -0.2) is 45.6 Å². The summed E-state index contributed by atoms with van der Waals surface area (Å²) in [6.45, 7) is 1.92. The molecule has 1 atom stereocenters. The number of hydrogen-bond donors (Lipinski definition) is 0. The largest absolute Gasteiger partial charge is 0.462 e. The van der Waals surface area contributed by atoms with Crippen LogP contribution in [0, 0.1) is 5.82 Å². The van der Waals surface area contributed by atoms with Gasteiger partial charge in [-0.15, -0.1) is 0 Å². The number of benzene rings is 2. The Kier molecular flexibility index (Phi) is 6.39. The zero-order valence-electron chi connectivity index (χ0n) is 17.3. The lowest BCUT2D eigenvalue weighted by Gasteiger charge is -2.21. The molecule has 2 aromatic carbocycles. The second kappa shape index (κ2) is 9.24. The van der Waals surface area contributed by atoms with Gasteiger partial charge in [0.1, 0.15) is 16.2 Å². The van der Waals surface area contributed by atoms with Crippen LogP contribution in [-0.2, 0) is 19.1 Å². The standard InChI is InChI=1S/C23H17FN2O5S2/c1-2-31-22(30)14-5-9-16(10-6-14)25-19(27)12-17(20(25)28)26-21(29)18(33-23(26)32)11-13-3-7-15(24)8-4-13/h3-11,17H,2,12H2,1H3/b18-11-. The van der Waals surface area contributed by atoms with Crippen LogP contribution in [0.1, 0.15) is 29.3 Å². The quantitative estimate of drug-likeness (QED) is 0.278. The Morgan fingerprint density at radius 2 is 1.82 bits per heavy atom. The van der Waals surface area contributed by atoms with Crippen LogP contribution in [0.25, 0.3) is 6.08 Å². The molecule has 10 heteroatoms. The summed E-state index contributed by atoms with van der Waals surface area (Å²) in [6.07, 6.45) is 1.35.